The Morgan fingerprint density at radius 3 is 0.537 bits per heavy atom. The van der Waals surface area contributed by atoms with Gasteiger partial charge in [-0.2, -0.15) is 0 Å². The van der Waals surface area contributed by atoms with E-state index < -0.39 is 0 Å². The smallest absolute Gasteiger partial charge is 0.0392 e. The van der Waals surface area contributed by atoms with E-state index in [-0.39, 0.29) is 17.1 Å². The summed E-state index contributed by atoms with van der Waals surface area (Å²) in [6.45, 7) is 8.53. The van der Waals surface area contributed by atoms with Gasteiger partial charge in [0.25, 0.3) is 0 Å². The van der Waals surface area contributed by atoms with Gasteiger partial charge in [-0.05, 0) is 25.7 Å². The predicted molar refractivity (Wildman–Crippen MR) is 156 cm³/mol. The molecule has 0 aromatic rings. The van der Waals surface area contributed by atoms with Gasteiger partial charge < -0.3 is 63.8 Å². The molecule has 1 radical (unpaired) electrons. The fourth-order valence-corrected chi connectivity index (χ4v) is 10.8. The van der Waals surface area contributed by atoms with Crippen LogP contribution in [0.15, 0.2) is 0 Å². The maximum absolute atomic E-state index is 4.21. The monoisotopic (exact) mass is 619 g/mol. The van der Waals surface area contributed by atoms with Crippen LogP contribution in [-0.4, -0.2) is 149 Å². The molecule has 12 nitrogen and oxygen atoms in total. The predicted octanol–water partition coefficient (Wildman–Crippen LogP) is -5.36. The van der Waals surface area contributed by atoms with Crippen molar-refractivity contribution in [3.63, 3.8) is 0 Å². The standard InChI is InChI=1S/C28H52N12.Cu/c1-2-30-22-14-10-16-24-26(34-6-5-32-24)18(39-16)12-20-28-27(35-7-8-36-28)19(40-20)11-17-25-23(31-3-4-33-25)15(38-17)9-13(37-14)21(22)29-1;/h13-40H,1-12H2;. The van der Waals surface area contributed by atoms with Crippen LogP contribution in [0.25, 0.3) is 0 Å². The van der Waals surface area contributed by atoms with Crippen molar-refractivity contribution in [1.82, 2.24) is 63.8 Å². The molecule has 0 saturated carbocycles. The molecule has 9 aliphatic heterocycles. The van der Waals surface area contributed by atoms with E-state index in [1.807, 2.05) is 0 Å². The summed E-state index contributed by atoms with van der Waals surface area (Å²) in [7, 11) is 0. The van der Waals surface area contributed by atoms with E-state index in [9.17, 15) is 0 Å². The molecule has 16 unspecified atom stereocenters. The molecule has 16 atom stereocenters. The van der Waals surface area contributed by atoms with Crippen molar-refractivity contribution in [2.24, 2.45) is 0 Å². The second-order valence-electron chi connectivity index (χ2n) is 14.3. The third kappa shape index (κ3) is 4.96. The van der Waals surface area contributed by atoms with Crippen molar-refractivity contribution in [3.05, 3.63) is 0 Å². The van der Waals surface area contributed by atoms with Crippen molar-refractivity contribution in [2.75, 3.05) is 52.4 Å². The van der Waals surface area contributed by atoms with Crippen molar-refractivity contribution >= 4 is 0 Å². The molecule has 0 amide bonds. The molecule has 9 rings (SSSR count). The van der Waals surface area contributed by atoms with Gasteiger partial charge in [0.15, 0.2) is 0 Å². The zero-order valence-corrected chi connectivity index (χ0v) is 25.0. The molecule has 9 aliphatic rings. The van der Waals surface area contributed by atoms with E-state index in [2.05, 4.69) is 63.8 Å². The Bertz CT molecular complexity index is 723. The Morgan fingerprint density at radius 2 is 0.390 bits per heavy atom. The summed E-state index contributed by atoms with van der Waals surface area (Å²) in [6, 6.07) is 7.75. The number of nitrogens with one attached hydrogen (secondary N) is 12. The molecule has 0 spiro atoms. The first-order valence-corrected chi connectivity index (χ1v) is 16.7. The van der Waals surface area contributed by atoms with Crippen molar-refractivity contribution in [2.45, 2.75) is 122 Å². The van der Waals surface area contributed by atoms with Crippen LogP contribution in [0, 0.1) is 0 Å². The second kappa shape index (κ2) is 11.8. The van der Waals surface area contributed by atoms with Crippen LogP contribution in [0.4, 0.5) is 0 Å². The summed E-state index contributed by atoms with van der Waals surface area (Å²) < 4.78 is 0. The van der Waals surface area contributed by atoms with Crippen molar-refractivity contribution in [3.8, 4) is 0 Å². The molecule has 9 heterocycles. The topological polar surface area (TPSA) is 144 Å². The number of fused-ring (bicyclic) bond motifs is 20. The molecule has 41 heavy (non-hydrogen) atoms. The Balaban J connectivity index is 0.00000256. The molecule has 12 N–H and O–H groups in total. The number of hydrogen-bond donors (Lipinski definition) is 12. The normalized spacial score (nSPS) is 56.2. The minimum atomic E-state index is 0. The summed E-state index contributed by atoms with van der Waals surface area (Å²) in [5, 5.41) is 48.4. The van der Waals surface area contributed by atoms with E-state index in [1.165, 1.54) is 0 Å². The maximum atomic E-state index is 4.21. The quantitative estimate of drug-likeness (QED) is 0.118. The Hall–Kier alpha value is 0.0395. The van der Waals surface area contributed by atoms with Gasteiger partial charge in [0.05, 0.1) is 0 Å². The van der Waals surface area contributed by atoms with Crippen LogP contribution in [0.1, 0.15) is 25.7 Å². The summed E-state index contributed by atoms with van der Waals surface area (Å²) in [6.07, 6.45) is 4.66. The van der Waals surface area contributed by atoms with Crippen molar-refractivity contribution in [1.29, 1.82) is 0 Å². The van der Waals surface area contributed by atoms with Gasteiger partial charge in [-0.3, -0.25) is 0 Å². The number of hydrogen-bond acceptors (Lipinski definition) is 12. The van der Waals surface area contributed by atoms with Gasteiger partial charge >= 0.3 is 0 Å². The first-order valence-electron chi connectivity index (χ1n) is 16.7. The van der Waals surface area contributed by atoms with Gasteiger partial charge in [-0.1, -0.05) is 0 Å². The zero-order valence-electron chi connectivity index (χ0n) is 24.0. The molecule has 0 aromatic carbocycles. The fourth-order valence-electron chi connectivity index (χ4n) is 10.8. The summed E-state index contributed by atoms with van der Waals surface area (Å²) >= 11 is 0. The molecule has 0 aliphatic carbocycles. The maximum Gasteiger partial charge on any atom is 0.0392 e. The van der Waals surface area contributed by atoms with Crippen LogP contribution in [0.2, 0.25) is 0 Å². The van der Waals surface area contributed by atoms with Crippen molar-refractivity contribution < 1.29 is 17.1 Å². The van der Waals surface area contributed by atoms with E-state index in [0.717, 1.165) is 78.0 Å². The Labute approximate surface area is 255 Å². The molecule has 0 aromatic heterocycles. The average Bonchev–Trinajstić information content (AvgIpc) is 3.73. The van der Waals surface area contributed by atoms with Gasteiger partial charge in [-0.25, -0.2) is 0 Å². The molecule has 235 valence electrons. The minimum Gasteiger partial charge on any atom is -0.310 e. The van der Waals surface area contributed by atoms with Gasteiger partial charge in [0, 0.05) is 166 Å². The van der Waals surface area contributed by atoms with Gasteiger partial charge in [-0.15, -0.1) is 0 Å². The largest absolute Gasteiger partial charge is 0.310 e. The van der Waals surface area contributed by atoms with Crippen LogP contribution in [-0.2, 0) is 17.1 Å². The van der Waals surface area contributed by atoms with E-state index >= 15 is 0 Å². The van der Waals surface area contributed by atoms with Crippen LogP contribution < -0.4 is 63.8 Å². The first kappa shape index (κ1) is 28.5. The van der Waals surface area contributed by atoms with E-state index in [1.54, 1.807) is 0 Å². The van der Waals surface area contributed by atoms with Gasteiger partial charge in [0.1, 0.15) is 0 Å². The molecular weight excluding hydrogens is 568 g/mol. The minimum absolute atomic E-state index is 0. The number of piperazine rings is 4. The van der Waals surface area contributed by atoms with Crippen LogP contribution in [0.3, 0.4) is 0 Å². The average molecular weight is 620 g/mol. The van der Waals surface area contributed by atoms with Gasteiger partial charge in [0.2, 0.25) is 0 Å². The molecule has 9 fully saturated rings. The summed E-state index contributed by atoms with van der Waals surface area (Å²) in [5.74, 6) is 0. The SMILES string of the molecule is C1CNC2C3CC4NC(CC5NC(CC6NC(CC(N3)C2N1)C1NCCNC61)C1NCCNC51)C1NCCNC41.[Cu]. The molecular formula is C28H52CuN12. The third-order valence-corrected chi connectivity index (χ3v) is 12.3. The zero-order chi connectivity index (χ0) is 26.2. The first-order chi connectivity index (χ1) is 19.8. The van der Waals surface area contributed by atoms with E-state index in [4.69, 9.17) is 0 Å². The molecule has 9 saturated heterocycles. The Morgan fingerprint density at radius 1 is 0.244 bits per heavy atom. The van der Waals surface area contributed by atoms with Crippen LogP contribution in [0.5, 0.6) is 0 Å². The third-order valence-electron chi connectivity index (χ3n) is 12.3. The number of rotatable bonds is 0. The fraction of sp³-hybridized carbons (Fsp3) is 1.00. The summed E-state index contributed by atoms with van der Waals surface area (Å²) in [5.41, 5.74) is 0. The Kier molecular flexibility index (Phi) is 8.18. The second-order valence-corrected chi connectivity index (χ2v) is 14.3. The summed E-state index contributed by atoms with van der Waals surface area (Å²) in [4.78, 5) is 0. The van der Waals surface area contributed by atoms with E-state index in [0.29, 0.717) is 96.7 Å². The molecule has 13 heteroatoms. The van der Waals surface area contributed by atoms with Crippen LogP contribution >= 0.6 is 0 Å². The molecule has 8 bridgehead atoms.